The van der Waals surface area contributed by atoms with E-state index in [1.165, 1.54) is 0 Å². The lowest BCUT2D eigenvalue weighted by Crippen LogP contribution is -2.23. The standard InChI is InChI=1S/C11H11N3OS/c15-10-12-7-4-8-13(12)11(16)14(10)9-5-2-1-3-6-9/h1-3,5-6H,4,7-8H2. The second kappa shape index (κ2) is 3.45. The molecule has 0 spiro atoms. The van der Waals surface area contributed by atoms with Crippen LogP contribution in [0.5, 0.6) is 0 Å². The van der Waals surface area contributed by atoms with Gasteiger partial charge < -0.3 is 0 Å². The molecule has 0 saturated heterocycles. The highest BCUT2D eigenvalue weighted by Gasteiger charge is 2.18. The molecule has 0 saturated carbocycles. The molecule has 0 amide bonds. The Kier molecular flexibility index (Phi) is 2.07. The second-order valence-corrected chi connectivity index (χ2v) is 4.20. The summed E-state index contributed by atoms with van der Waals surface area (Å²) >= 11 is 5.33. The molecular weight excluding hydrogens is 222 g/mol. The smallest absolute Gasteiger partial charge is 0.256 e. The maximum atomic E-state index is 12.1. The number of aromatic nitrogens is 3. The molecule has 16 heavy (non-hydrogen) atoms. The normalized spacial score (nSPS) is 14.0. The Morgan fingerprint density at radius 2 is 1.75 bits per heavy atom. The van der Waals surface area contributed by atoms with E-state index in [1.807, 2.05) is 35.0 Å². The first-order valence-electron chi connectivity index (χ1n) is 5.27. The van der Waals surface area contributed by atoms with Crippen LogP contribution in [-0.4, -0.2) is 13.9 Å². The van der Waals surface area contributed by atoms with Crippen LogP contribution in [0, 0.1) is 4.77 Å². The van der Waals surface area contributed by atoms with Gasteiger partial charge in [0.25, 0.3) is 0 Å². The zero-order chi connectivity index (χ0) is 11.1. The number of para-hydroxylation sites is 1. The van der Waals surface area contributed by atoms with Gasteiger partial charge >= 0.3 is 5.69 Å². The summed E-state index contributed by atoms with van der Waals surface area (Å²) < 4.78 is 5.78. The van der Waals surface area contributed by atoms with Crippen molar-refractivity contribution in [2.75, 3.05) is 0 Å². The lowest BCUT2D eigenvalue weighted by atomic mass is 10.3. The number of fused-ring (bicyclic) bond motifs is 1. The Labute approximate surface area is 97.3 Å². The summed E-state index contributed by atoms with van der Waals surface area (Å²) in [6.45, 7) is 1.61. The molecule has 82 valence electrons. The number of hydrogen-bond acceptors (Lipinski definition) is 2. The zero-order valence-electron chi connectivity index (χ0n) is 8.67. The van der Waals surface area contributed by atoms with E-state index in [-0.39, 0.29) is 5.69 Å². The molecule has 1 aliphatic rings. The van der Waals surface area contributed by atoms with Crippen LogP contribution < -0.4 is 5.69 Å². The van der Waals surface area contributed by atoms with Gasteiger partial charge in [-0.25, -0.2) is 14.0 Å². The van der Waals surface area contributed by atoms with Crippen LogP contribution in [0.4, 0.5) is 0 Å². The summed E-state index contributed by atoms with van der Waals surface area (Å²) in [6, 6.07) is 9.53. The Morgan fingerprint density at radius 3 is 2.44 bits per heavy atom. The Balaban J connectivity index is 2.32. The van der Waals surface area contributed by atoms with E-state index in [9.17, 15) is 4.79 Å². The highest BCUT2D eigenvalue weighted by Crippen LogP contribution is 2.10. The highest BCUT2D eigenvalue weighted by molar-refractivity contribution is 7.71. The van der Waals surface area contributed by atoms with Gasteiger partial charge in [0.1, 0.15) is 0 Å². The minimum Gasteiger partial charge on any atom is -0.256 e. The van der Waals surface area contributed by atoms with Crippen molar-refractivity contribution in [3.05, 3.63) is 45.6 Å². The van der Waals surface area contributed by atoms with Crippen molar-refractivity contribution in [3.63, 3.8) is 0 Å². The molecule has 0 aliphatic carbocycles. The molecule has 0 N–H and O–H groups in total. The van der Waals surface area contributed by atoms with Crippen LogP contribution in [0.3, 0.4) is 0 Å². The van der Waals surface area contributed by atoms with Gasteiger partial charge in [-0.1, -0.05) is 18.2 Å². The molecule has 4 nitrogen and oxygen atoms in total. The van der Waals surface area contributed by atoms with Gasteiger partial charge in [0, 0.05) is 13.1 Å². The van der Waals surface area contributed by atoms with Crippen LogP contribution in [0.1, 0.15) is 6.42 Å². The molecule has 2 heterocycles. The molecule has 0 fully saturated rings. The fourth-order valence-electron chi connectivity index (χ4n) is 2.12. The number of nitrogens with zero attached hydrogens (tertiary/aromatic N) is 3. The molecular formula is C11H11N3OS. The molecule has 1 aliphatic heterocycles. The average Bonchev–Trinajstić information content (AvgIpc) is 2.86. The van der Waals surface area contributed by atoms with Crippen LogP contribution in [0.25, 0.3) is 5.69 Å². The molecule has 1 aromatic heterocycles. The molecule has 1 aromatic carbocycles. The molecule has 0 radical (unpaired) electrons. The molecule has 2 aromatic rings. The lowest BCUT2D eigenvalue weighted by molar-refractivity contribution is 0.588. The average molecular weight is 233 g/mol. The predicted molar refractivity (Wildman–Crippen MR) is 63.5 cm³/mol. The number of hydrogen-bond donors (Lipinski definition) is 0. The molecule has 5 heteroatoms. The van der Waals surface area contributed by atoms with E-state index >= 15 is 0 Å². The van der Waals surface area contributed by atoms with E-state index in [1.54, 1.807) is 9.25 Å². The van der Waals surface area contributed by atoms with Gasteiger partial charge in [-0.2, -0.15) is 0 Å². The summed E-state index contributed by atoms with van der Waals surface area (Å²) in [5.74, 6) is 0. The lowest BCUT2D eigenvalue weighted by Gasteiger charge is -1.99. The quantitative estimate of drug-likeness (QED) is 0.700. The Hall–Kier alpha value is -1.62. The monoisotopic (exact) mass is 233 g/mol. The zero-order valence-corrected chi connectivity index (χ0v) is 9.48. The van der Waals surface area contributed by atoms with E-state index < -0.39 is 0 Å². The first kappa shape index (κ1) is 9.59. The molecule has 0 atom stereocenters. The predicted octanol–water partition coefficient (Wildman–Crippen LogP) is 1.57. The van der Waals surface area contributed by atoms with Crippen LogP contribution >= 0.6 is 12.2 Å². The van der Waals surface area contributed by atoms with Crippen molar-refractivity contribution in [3.8, 4) is 5.69 Å². The van der Waals surface area contributed by atoms with E-state index in [4.69, 9.17) is 12.2 Å². The molecule has 0 unspecified atom stereocenters. The fourth-order valence-corrected chi connectivity index (χ4v) is 2.49. The van der Waals surface area contributed by atoms with Crippen molar-refractivity contribution in [2.45, 2.75) is 19.5 Å². The van der Waals surface area contributed by atoms with Gasteiger partial charge in [0.05, 0.1) is 5.69 Å². The highest BCUT2D eigenvalue weighted by atomic mass is 32.1. The van der Waals surface area contributed by atoms with Gasteiger partial charge in [-0.15, -0.1) is 0 Å². The minimum absolute atomic E-state index is 0.0336. The third-order valence-electron chi connectivity index (χ3n) is 2.87. The minimum atomic E-state index is -0.0336. The third kappa shape index (κ3) is 1.21. The summed E-state index contributed by atoms with van der Waals surface area (Å²) in [5, 5.41) is 0. The van der Waals surface area contributed by atoms with Crippen molar-refractivity contribution in [2.24, 2.45) is 0 Å². The first-order valence-corrected chi connectivity index (χ1v) is 5.68. The molecule has 3 rings (SSSR count). The second-order valence-electron chi connectivity index (χ2n) is 3.84. The van der Waals surface area contributed by atoms with Crippen molar-refractivity contribution >= 4 is 12.2 Å². The number of benzene rings is 1. The van der Waals surface area contributed by atoms with E-state index in [0.29, 0.717) is 4.77 Å². The topological polar surface area (TPSA) is 31.9 Å². The van der Waals surface area contributed by atoms with Gasteiger partial charge in [-0.05, 0) is 30.8 Å². The van der Waals surface area contributed by atoms with E-state index in [0.717, 1.165) is 25.2 Å². The maximum Gasteiger partial charge on any atom is 0.349 e. The molecule has 0 bridgehead atoms. The van der Waals surface area contributed by atoms with Crippen molar-refractivity contribution in [1.82, 2.24) is 13.9 Å². The summed E-state index contributed by atoms with van der Waals surface area (Å²) in [7, 11) is 0. The third-order valence-corrected chi connectivity index (χ3v) is 3.26. The first-order chi connectivity index (χ1) is 7.79. The summed E-state index contributed by atoms with van der Waals surface area (Å²) in [6.07, 6.45) is 0.995. The largest absolute Gasteiger partial charge is 0.349 e. The maximum absolute atomic E-state index is 12.1. The van der Waals surface area contributed by atoms with Gasteiger partial charge in [0.15, 0.2) is 0 Å². The van der Waals surface area contributed by atoms with Crippen molar-refractivity contribution in [1.29, 1.82) is 0 Å². The van der Waals surface area contributed by atoms with Gasteiger partial charge in [0.2, 0.25) is 4.77 Å². The Morgan fingerprint density at radius 1 is 1.06 bits per heavy atom. The SMILES string of the molecule is O=c1n(-c2ccccc2)c(=S)n2n1CCC2. The van der Waals surface area contributed by atoms with Gasteiger partial charge in [-0.3, -0.25) is 4.68 Å². The summed E-state index contributed by atoms with van der Waals surface area (Å²) in [5.41, 5.74) is 0.806. The van der Waals surface area contributed by atoms with E-state index in [2.05, 4.69) is 0 Å². The van der Waals surface area contributed by atoms with Crippen LogP contribution in [-0.2, 0) is 13.1 Å². The fraction of sp³-hybridized carbons (Fsp3) is 0.273. The van der Waals surface area contributed by atoms with Crippen LogP contribution in [0.2, 0.25) is 0 Å². The Bertz CT molecular complexity index is 600. The van der Waals surface area contributed by atoms with Crippen LogP contribution in [0.15, 0.2) is 35.1 Å². The number of rotatable bonds is 1. The summed E-state index contributed by atoms with van der Waals surface area (Å²) in [4.78, 5) is 12.1. The van der Waals surface area contributed by atoms with Crippen molar-refractivity contribution < 1.29 is 0 Å².